The van der Waals surface area contributed by atoms with Gasteiger partial charge in [0.2, 0.25) is 0 Å². The maximum atomic E-state index is 12.5. The zero-order chi connectivity index (χ0) is 17.3. The molecule has 0 saturated carbocycles. The Kier molecular flexibility index (Phi) is 3.91. The number of carbonyl (C=O) groups excluding carboxylic acids is 1. The Bertz CT molecular complexity index is 827. The average Bonchev–Trinajstić information content (AvgIpc) is 2.90. The second-order valence-electron chi connectivity index (χ2n) is 5.21. The maximum absolute atomic E-state index is 12.5. The first-order valence-electron chi connectivity index (χ1n) is 7.09. The number of aromatic carboxylic acids is 1. The van der Waals surface area contributed by atoms with Crippen molar-refractivity contribution >= 4 is 23.5 Å². The largest absolute Gasteiger partial charge is 0.482 e. The summed E-state index contributed by atoms with van der Waals surface area (Å²) in [6.45, 7) is -0.256. The van der Waals surface area contributed by atoms with Gasteiger partial charge in [0.25, 0.3) is 5.91 Å². The molecule has 0 atom stereocenters. The number of nitrogens with zero attached hydrogens (tertiary/aromatic N) is 1. The normalized spacial score (nSPS) is 12.8. The number of carboxylic acids is 2. The first kappa shape index (κ1) is 15.5. The van der Waals surface area contributed by atoms with Crippen LogP contribution in [0.4, 0.5) is 5.69 Å². The Morgan fingerprint density at radius 1 is 1.08 bits per heavy atom. The van der Waals surface area contributed by atoms with E-state index in [9.17, 15) is 14.4 Å². The van der Waals surface area contributed by atoms with E-state index in [1.165, 1.54) is 17.0 Å². The Labute approximate surface area is 136 Å². The predicted octanol–water partition coefficient (Wildman–Crippen LogP) is 2.01. The lowest BCUT2D eigenvalue weighted by molar-refractivity contribution is -0.139. The van der Waals surface area contributed by atoms with Crippen LogP contribution < -0.4 is 9.64 Å². The zero-order valence-corrected chi connectivity index (χ0v) is 12.4. The van der Waals surface area contributed by atoms with Crippen molar-refractivity contribution in [2.24, 2.45) is 0 Å². The second kappa shape index (κ2) is 6.04. The van der Waals surface area contributed by atoms with Gasteiger partial charge in [-0.15, -0.1) is 0 Å². The van der Waals surface area contributed by atoms with E-state index in [1.807, 2.05) is 0 Å². The minimum Gasteiger partial charge on any atom is -0.482 e. The summed E-state index contributed by atoms with van der Waals surface area (Å²) in [5, 5.41) is 17.7. The third kappa shape index (κ3) is 2.79. The number of carboxylic acid groups (broad SMARTS) is 2. The van der Waals surface area contributed by atoms with Crippen molar-refractivity contribution in [2.75, 3.05) is 11.5 Å². The standard InChI is InChI=1S/C17H13NO6/c19-15(20)9-24-14-3-1-2-12-13(14)8-18(16(12)21)11-6-4-10(5-7-11)17(22)23/h1-7H,8-9H2,(H,19,20)(H,22,23). The molecule has 3 rings (SSSR count). The smallest absolute Gasteiger partial charge is 0.341 e. The van der Waals surface area contributed by atoms with Crippen LogP contribution in [0.3, 0.4) is 0 Å². The number of fused-ring (bicyclic) bond motifs is 1. The van der Waals surface area contributed by atoms with Crippen molar-refractivity contribution in [3.8, 4) is 5.75 Å². The highest BCUT2D eigenvalue weighted by atomic mass is 16.5. The molecule has 1 aliphatic rings. The molecule has 2 N–H and O–H groups in total. The van der Waals surface area contributed by atoms with Crippen molar-refractivity contribution in [1.82, 2.24) is 0 Å². The van der Waals surface area contributed by atoms with Crippen LogP contribution in [-0.2, 0) is 11.3 Å². The molecule has 0 radical (unpaired) electrons. The molecule has 0 aliphatic carbocycles. The minimum absolute atomic E-state index is 0.133. The monoisotopic (exact) mass is 327 g/mol. The highest BCUT2D eigenvalue weighted by molar-refractivity contribution is 6.10. The van der Waals surface area contributed by atoms with Crippen molar-refractivity contribution in [3.63, 3.8) is 0 Å². The van der Waals surface area contributed by atoms with Gasteiger partial charge in [0.15, 0.2) is 6.61 Å². The molecule has 0 unspecified atom stereocenters. The third-order valence-corrected chi connectivity index (χ3v) is 3.70. The summed E-state index contributed by atoms with van der Waals surface area (Å²) in [6.07, 6.45) is 0. The lowest BCUT2D eigenvalue weighted by Crippen LogP contribution is -2.23. The molecular weight excluding hydrogens is 314 g/mol. The maximum Gasteiger partial charge on any atom is 0.341 e. The molecule has 122 valence electrons. The van der Waals surface area contributed by atoms with E-state index in [-0.39, 0.29) is 18.0 Å². The SMILES string of the molecule is O=C(O)COc1cccc2c1CN(c1ccc(C(=O)O)cc1)C2=O. The summed E-state index contributed by atoms with van der Waals surface area (Å²) in [7, 11) is 0. The van der Waals surface area contributed by atoms with E-state index >= 15 is 0 Å². The molecule has 2 aromatic rings. The summed E-state index contributed by atoms with van der Waals surface area (Å²) in [5.74, 6) is -2.03. The van der Waals surface area contributed by atoms with E-state index in [4.69, 9.17) is 14.9 Å². The Balaban J connectivity index is 1.88. The summed E-state index contributed by atoms with van der Waals surface area (Å²) in [5.41, 5.74) is 1.75. The summed E-state index contributed by atoms with van der Waals surface area (Å²) in [6, 6.07) is 10.9. The number of ether oxygens (including phenoxy) is 1. The van der Waals surface area contributed by atoms with Crippen molar-refractivity contribution < 1.29 is 29.3 Å². The number of rotatable bonds is 5. The molecule has 24 heavy (non-hydrogen) atoms. The number of carbonyl (C=O) groups is 3. The zero-order valence-electron chi connectivity index (χ0n) is 12.4. The van der Waals surface area contributed by atoms with Gasteiger partial charge in [-0.05, 0) is 36.4 Å². The molecule has 1 amide bonds. The molecule has 7 nitrogen and oxygen atoms in total. The van der Waals surface area contributed by atoms with Crippen LogP contribution >= 0.6 is 0 Å². The van der Waals surface area contributed by atoms with Crippen LogP contribution in [0.25, 0.3) is 0 Å². The van der Waals surface area contributed by atoms with Gasteiger partial charge >= 0.3 is 11.9 Å². The molecule has 1 heterocycles. The number of aliphatic carboxylic acids is 1. The number of hydrogen-bond acceptors (Lipinski definition) is 4. The molecular formula is C17H13NO6. The van der Waals surface area contributed by atoms with Crippen molar-refractivity contribution in [2.45, 2.75) is 6.54 Å². The molecule has 0 aromatic heterocycles. The minimum atomic E-state index is -1.10. The van der Waals surface area contributed by atoms with Gasteiger partial charge in [-0.3, -0.25) is 4.79 Å². The number of benzene rings is 2. The van der Waals surface area contributed by atoms with Gasteiger partial charge in [-0.1, -0.05) is 6.07 Å². The number of anilines is 1. The summed E-state index contributed by atoms with van der Waals surface area (Å²) >= 11 is 0. The Morgan fingerprint density at radius 2 is 1.79 bits per heavy atom. The molecule has 0 spiro atoms. The highest BCUT2D eigenvalue weighted by Gasteiger charge is 2.31. The molecule has 2 aromatic carbocycles. The van der Waals surface area contributed by atoms with Crippen LogP contribution in [0.2, 0.25) is 0 Å². The van der Waals surface area contributed by atoms with Crippen molar-refractivity contribution in [1.29, 1.82) is 0 Å². The van der Waals surface area contributed by atoms with Crippen LogP contribution in [0.15, 0.2) is 42.5 Å². The Hall–Kier alpha value is -3.35. The first-order chi connectivity index (χ1) is 11.5. The fraction of sp³-hybridized carbons (Fsp3) is 0.118. The van der Waals surface area contributed by atoms with Gasteiger partial charge in [-0.25, -0.2) is 9.59 Å². The molecule has 7 heteroatoms. The molecule has 1 aliphatic heterocycles. The lowest BCUT2D eigenvalue weighted by Gasteiger charge is -2.16. The lowest BCUT2D eigenvalue weighted by atomic mass is 10.1. The Morgan fingerprint density at radius 3 is 2.42 bits per heavy atom. The number of hydrogen-bond donors (Lipinski definition) is 2. The van der Waals surface area contributed by atoms with E-state index < -0.39 is 18.5 Å². The van der Waals surface area contributed by atoms with E-state index in [0.29, 0.717) is 22.6 Å². The van der Waals surface area contributed by atoms with Crippen LogP contribution in [0.5, 0.6) is 5.75 Å². The molecule has 0 saturated heterocycles. The van der Waals surface area contributed by atoms with Gasteiger partial charge in [-0.2, -0.15) is 0 Å². The highest BCUT2D eigenvalue weighted by Crippen LogP contribution is 2.34. The summed E-state index contributed by atoms with van der Waals surface area (Å²) < 4.78 is 5.24. The quantitative estimate of drug-likeness (QED) is 0.870. The van der Waals surface area contributed by atoms with Crippen molar-refractivity contribution in [3.05, 3.63) is 59.2 Å². The van der Waals surface area contributed by atoms with Crippen LogP contribution in [0.1, 0.15) is 26.3 Å². The van der Waals surface area contributed by atoms with Gasteiger partial charge in [0.1, 0.15) is 5.75 Å². The first-order valence-corrected chi connectivity index (χ1v) is 7.09. The van der Waals surface area contributed by atoms with Crippen LogP contribution in [0, 0.1) is 0 Å². The van der Waals surface area contributed by atoms with Gasteiger partial charge < -0.3 is 19.8 Å². The topological polar surface area (TPSA) is 104 Å². The van der Waals surface area contributed by atoms with Gasteiger partial charge in [0.05, 0.1) is 12.1 Å². The number of amides is 1. The van der Waals surface area contributed by atoms with Crippen LogP contribution in [-0.4, -0.2) is 34.7 Å². The van der Waals surface area contributed by atoms with E-state index in [1.54, 1.807) is 30.3 Å². The molecule has 0 fully saturated rings. The fourth-order valence-corrected chi connectivity index (χ4v) is 2.57. The molecule has 0 bridgehead atoms. The van der Waals surface area contributed by atoms with Gasteiger partial charge in [0, 0.05) is 16.8 Å². The third-order valence-electron chi connectivity index (χ3n) is 3.70. The second-order valence-corrected chi connectivity index (χ2v) is 5.21. The fourth-order valence-electron chi connectivity index (χ4n) is 2.57. The van der Waals surface area contributed by atoms with E-state index in [2.05, 4.69) is 0 Å². The average molecular weight is 327 g/mol. The summed E-state index contributed by atoms with van der Waals surface area (Å²) in [4.78, 5) is 35.6. The van der Waals surface area contributed by atoms with E-state index in [0.717, 1.165) is 0 Å². The predicted molar refractivity (Wildman–Crippen MR) is 83.5 cm³/mol.